The molecule has 0 fully saturated rings. The number of anilines is 2. The molecule has 0 aromatic heterocycles. The van der Waals surface area contributed by atoms with Gasteiger partial charge in [0, 0.05) is 5.69 Å². The van der Waals surface area contributed by atoms with Crippen LogP contribution >= 0.6 is 0 Å². The van der Waals surface area contributed by atoms with E-state index in [1.165, 1.54) is 0 Å². The Kier molecular flexibility index (Phi) is 4.02. The summed E-state index contributed by atoms with van der Waals surface area (Å²) >= 11 is 0. The molecule has 0 bridgehead atoms. The third kappa shape index (κ3) is 3.34. The van der Waals surface area contributed by atoms with Crippen LogP contribution in [-0.4, -0.2) is 17.9 Å². The van der Waals surface area contributed by atoms with Gasteiger partial charge in [0.25, 0.3) is 5.91 Å². The lowest BCUT2D eigenvalue weighted by molar-refractivity contribution is -0.128. The Morgan fingerprint density at radius 3 is 2.74 bits per heavy atom. The quantitative estimate of drug-likeness (QED) is 0.915. The number of benzene rings is 2. The predicted molar refractivity (Wildman–Crippen MR) is 88.7 cm³/mol. The zero-order valence-corrected chi connectivity index (χ0v) is 13.1. The minimum Gasteiger partial charge on any atom is -0.478 e. The number of fused-ring (bicyclic) bond motifs is 1. The number of hydrogen-bond donors (Lipinski definition) is 2. The second-order valence-corrected chi connectivity index (χ2v) is 5.64. The summed E-state index contributed by atoms with van der Waals surface area (Å²) in [7, 11) is 0. The number of nitrogens with one attached hydrogen (secondary N) is 2. The monoisotopic (exact) mass is 310 g/mol. The van der Waals surface area contributed by atoms with Gasteiger partial charge in [-0.05, 0) is 49.2 Å². The number of amides is 2. The maximum Gasteiger partial charge on any atom is 0.266 e. The van der Waals surface area contributed by atoms with Gasteiger partial charge in [0.1, 0.15) is 5.75 Å². The van der Waals surface area contributed by atoms with E-state index in [-0.39, 0.29) is 18.2 Å². The second kappa shape index (κ2) is 6.12. The van der Waals surface area contributed by atoms with Crippen molar-refractivity contribution in [3.8, 4) is 5.75 Å². The zero-order valence-electron chi connectivity index (χ0n) is 13.1. The van der Waals surface area contributed by atoms with Crippen LogP contribution in [0.5, 0.6) is 5.75 Å². The van der Waals surface area contributed by atoms with Crippen LogP contribution in [0.4, 0.5) is 11.4 Å². The van der Waals surface area contributed by atoms with Gasteiger partial charge in [0.05, 0.1) is 12.1 Å². The molecule has 118 valence electrons. The first kappa shape index (κ1) is 15.1. The van der Waals surface area contributed by atoms with Crippen molar-refractivity contribution in [2.24, 2.45) is 0 Å². The Bertz CT molecular complexity index is 771. The van der Waals surface area contributed by atoms with E-state index in [9.17, 15) is 9.59 Å². The highest BCUT2D eigenvalue weighted by Gasteiger charge is 2.29. The molecule has 2 aromatic rings. The molecule has 23 heavy (non-hydrogen) atoms. The summed E-state index contributed by atoms with van der Waals surface area (Å²) in [5.74, 6) is 0.0165. The van der Waals surface area contributed by atoms with Gasteiger partial charge in [-0.1, -0.05) is 18.2 Å². The highest BCUT2D eigenvalue weighted by Crippen LogP contribution is 2.29. The number of hydrogen-bond acceptors (Lipinski definition) is 3. The summed E-state index contributed by atoms with van der Waals surface area (Å²) in [4.78, 5) is 24.2. The van der Waals surface area contributed by atoms with Crippen molar-refractivity contribution in [1.82, 2.24) is 0 Å². The second-order valence-electron chi connectivity index (χ2n) is 5.64. The predicted octanol–water partition coefficient (Wildman–Crippen LogP) is 3.03. The summed E-state index contributed by atoms with van der Waals surface area (Å²) < 4.78 is 5.62. The molecule has 1 atom stereocenters. The maximum absolute atomic E-state index is 12.2. The van der Waals surface area contributed by atoms with E-state index >= 15 is 0 Å². The van der Waals surface area contributed by atoms with Crippen molar-refractivity contribution >= 4 is 23.2 Å². The molecule has 0 spiro atoms. The Morgan fingerprint density at radius 1 is 1.17 bits per heavy atom. The molecule has 3 rings (SSSR count). The van der Waals surface area contributed by atoms with E-state index in [0.29, 0.717) is 11.4 Å². The molecular weight excluding hydrogens is 292 g/mol. The average molecular weight is 310 g/mol. The standard InChI is InChI=1S/C18H18N2O3/c1-11-7-8-13(9-12(11)2)19-17(21)10-16-18(22)20-14-5-3-4-6-15(14)23-16/h3-9,16H,10H2,1-2H3,(H,19,21)(H,20,22)/t16-/m1/s1. The van der Waals surface area contributed by atoms with Crippen molar-refractivity contribution < 1.29 is 14.3 Å². The zero-order chi connectivity index (χ0) is 16.4. The summed E-state index contributed by atoms with van der Waals surface area (Å²) in [5, 5.41) is 5.55. The fourth-order valence-electron chi connectivity index (χ4n) is 2.43. The number of carbonyl (C=O) groups is 2. The molecule has 0 unspecified atom stereocenters. The summed E-state index contributed by atoms with van der Waals surface area (Å²) in [6, 6.07) is 12.9. The van der Waals surface area contributed by atoms with Crippen LogP contribution in [0, 0.1) is 13.8 Å². The Hall–Kier alpha value is -2.82. The van der Waals surface area contributed by atoms with Crippen LogP contribution < -0.4 is 15.4 Å². The van der Waals surface area contributed by atoms with Gasteiger partial charge >= 0.3 is 0 Å². The normalized spacial score (nSPS) is 16.1. The van der Waals surface area contributed by atoms with Gasteiger partial charge in [0.15, 0.2) is 6.10 Å². The van der Waals surface area contributed by atoms with Crippen LogP contribution in [-0.2, 0) is 9.59 Å². The first-order chi connectivity index (χ1) is 11.0. The van der Waals surface area contributed by atoms with Crippen molar-refractivity contribution in [2.75, 3.05) is 10.6 Å². The van der Waals surface area contributed by atoms with Crippen molar-refractivity contribution in [1.29, 1.82) is 0 Å². The molecular formula is C18H18N2O3. The van der Waals surface area contributed by atoms with Gasteiger partial charge in [-0.15, -0.1) is 0 Å². The molecule has 1 aliphatic heterocycles. The fourth-order valence-corrected chi connectivity index (χ4v) is 2.43. The van der Waals surface area contributed by atoms with E-state index in [2.05, 4.69) is 10.6 Å². The molecule has 5 nitrogen and oxygen atoms in total. The van der Waals surface area contributed by atoms with E-state index < -0.39 is 6.10 Å². The lowest BCUT2D eigenvalue weighted by Gasteiger charge is -2.25. The maximum atomic E-state index is 12.2. The molecule has 1 heterocycles. The van der Waals surface area contributed by atoms with E-state index in [1.807, 2.05) is 44.2 Å². The highest BCUT2D eigenvalue weighted by molar-refractivity contribution is 6.01. The third-order valence-electron chi connectivity index (χ3n) is 3.87. The van der Waals surface area contributed by atoms with E-state index in [0.717, 1.165) is 16.8 Å². The molecule has 2 aromatic carbocycles. The topological polar surface area (TPSA) is 67.4 Å². The van der Waals surface area contributed by atoms with Gasteiger partial charge in [0.2, 0.25) is 5.91 Å². The molecule has 0 saturated carbocycles. The van der Waals surface area contributed by atoms with Gasteiger partial charge in [-0.3, -0.25) is 9.59 Å². The Balaban J connectivity index is 1.66. The number of aryl methyl sites for hydroxylation is 2. The minimum atomic E-state index is -0.823. The first-order valence-electron chi connectivity index (χ1n) is 7.46. The number of ether oxygens (including phenoxy) is 1. The van der Waals surface area contributed by atoms with Crippen LogP contribution in [0.2, 0.25) is 0 Å². The minimum absolute atomic E-state index is 0.0346. The lowest BCUT2D eigenvalue weighted by atomic mass is 10.1. The average Bonchev–Trinajstić information content (AvgIpc) is 2.51. The van der Waals surface area contributed by atoms with Gasteiger partial charge < -0.3 is 15.4 Å². The lowest BCUT2D eigenvalue weighted by Crippen LogP contribution is -2.39. The summed E-state index contributed by atoms with van der Waals surface area (Å²) in [6.07, 6.45) is -0.857. The number of para-hydroxylation sites is 2. The van der Waals surface area contributed by atoms with Crippen molar-refractivity contribution in [3.63, 3.8) is 0 Å². The largest absolute Gasteiger partial charge is 0.478 e. The smallest absolute Gasteiger partial charge is 0.266 e. The van der Waals surface area contributed by atoms with Crippen molar-refractivity contribution in [2.45, 2.75) is 26.4 Å². The Morgan fingerprint density at radius 2 is 1.96 bits per heavy atom. The molecule has 5 heteroatoms. The molecule has 1 aliphatic rings. The SMILES string of the molecule is Cc1ccc(NC(=O)C[C@H]2Oc3ccccc3NC2=O)cc1C. The van der Waals surface area contributed by atoms with Crippen LogP contribution in [0.25, 0.3) is 0 Å². The molecule has 0 saturated heterocycles. The van der Waals surface area contributed by atoms with Gasteiger partial charge in [-0.2, -0.15) is 0 Å². The fraction of sp³-hybridized carbons (Fsp3) is 0.222. The third-order valence-corrected chi connectivity index (χ3v) is 3.87. The number of carbonyl (C=O) groups excluding carboxylic acids is 2. The van der Waals surface area contributed by atoms with E-state index in [1.54, 1.807) is 12.1 Å². The number of rotatable bonds is 3. The molecule has 2 N–H and O–H groups in total. The van der Waals surface area contributed by atoms with Crippen LogP contribution in [0.15, 0.2) is 42.5 Å². The first-order valence-corrected chi connectivity index (χ1v) is 7.46. The molecule has 2 amide bonds. The van der Waals surface area contributed by atoms with Crippen molar-refractivity contribution in [3.05, 3.63) is 53.6 Å². The molecule has 0 aliphatic carbocycles. The van der Waals surface area contributed by atoms with Crippen LogP contribution in [0.3, 0.4) is 0 Å². The summed E-state index contributed by atoms with van der Waals surface area (Å²) in [5.41, 5.74) is 3.61. The highest BCUT2D eigenvalue weighted by atomic mass is 16.5. The van der Waals surface area contributed by atoms with E-state index in [4.69, 9.17) is 4.74 Å². The Labute approximate surface area is 134 Å². The molecule has 0 radical (unpaired) electrons. The van der Waals surface area contributed by atoms with Crippen LogP contribution in [0.1, 0.15) is 17.5 Å². The van der Waals surface area contributed by atoms with Gasteiger partial charge in [-0.25, -0.2) is 0 Å². The summed E-state index contributed by atoms with van der Waals surface area (Å²) in [6.45, 7) is 4.00.